The lowest BCUT2D eigenvalue weighted by Gasteiger charge is -2.07. The number of carbonyl (C=O) groups excluding carboxylic acids is 1. The van der Waals surface area contributed by atoms with Gasteiger partial charge in [-0.1, -0.05) is 35.5 Å². The number of pyridine rings is 1. The van der Waals surface area contributed by atoms with E-state index in [0.29, 0.717) is 23.0 Å². The van der Waals surface area contributed by atoms with Gasteiger partial charge in [0.05, 0.1) is 16.9 Å². The third-order valence-electron chi connectivity index (χ3n) is 3.25. The number of nitriles is 2. The highest BCUT2D eigenvalue weighted by Gasteiger charge is 2.12. The first kappa shape index (κ1) is 18.6. The zero-order chi connectivity index (χ0) is 18.2. The van der Waals surface area contributed by atoms with Crippen LogP contribution in [0.4, 0.5) is 5.82 Å². The van der Waals surface area contributed by atoms with Crippen molar-refractivity contribution in [3.05, 3.63) is 52.0 Å². The summed E-state index contributed by atoms with van der Waals surface area (Å²) in [7, 11) is 0. The molecule has 6 nitrogen and oxygen atoms in total. The van der Waals surface area contributed by atoms with Crippen molar-refractivity contribution < 1.29 is 4.79 Å². The number of nitrogens with one attached hydrogen (secondary N) is 1. The molecule has 3 N–H and O–H groups in total. The Kier molecular flexibility index (Phi) is 6.64. The first-order valence-corrected chi connectivity index (χ1v) is 8.64. The summed E-state index contributed by atoms with van der Waals surface area (Å²) in [5.41, 5.74) is 7.10. The smallest absolute Gasteiger partial charge is 0.230 e. The molecule has 0 spiro atoms. The van der Waals surface area contributed by atoms with Crippen molar-refractivity contribution in [2.75, 3.05) is 18.0 Å². The Morgan fingerprint density at radius 3 is 2.56 bits per heavy atom. The highest BCUT2D eigenvalue weighted by Crippen LogP contribution is 2.23. The van der Waals surface area contributed by atoms with Crippen LogP contribution >= 0.6 is 23.4 Å². The van der Waals surface area contributed by atoms with Crippen molar-refractivity contribution in [1.82, 2.24) is 10.3 Å². The Hall–Kier alpha value is -2.74. The fourth-order valence-corrected chi connectivity index (χ4v) is 2.89. The van der Waals surface area contributed by atoms with Crippen LogP contribution in [0.1, 0.15) is 16.7 Å². The number of hydrogen-bond donors (Lipinski definition) is 2. The summed E-state index contributed by atoms with van der Waals surface area (Å²) in [6.07, 6.45) is 0.694. The molecule has 0 aliphatic carbocycles. The van der Waals surface area contributed by atoms with Crippen LogP contribution in [-0.2, 0) is 11.2 Å². The number of benzene rings is 1. The minimum absolute atomic E-state index is 0.0483. The minimum Gasteiger partial charge on any atom is -0.383 e. The van der Waals surface area contributed by atoms with Crippen LogP contribution in [0.15, 0.2) is 35.4 Å². The molecule has 25 heavy (non-hydrogen) atoms. The second-order valence-electron chi connectivity index (χ2n) is 5.01. The van der Waals surface area contributed by atoms with Crippen LogP contribution in [-0.4, -0.2) is 23.2 Å². The number of nitrogens with zero attached hydrogens (tertiary/aromatic N) is 3. The van der Waals surface area contributed by atoms with Crippen LogP contribution in [0.3, 0.4) is 0 Å². The molecule has 0 saturated heterocycles. The van der Waals surface area contributed by atoms with E-state index in [1.807, 2.05) is 24.3 Å². The van der Waals surface area contributed by atoms with Gasteiger partial charge in [-0.2, -0.15) is 10.5 Å². The Morgan fingerprint density at radius 2 is 1.92 bits per heavy atom. The van der Waals surface area contributed by atoms with Gasteiger partial charge in [0, 0.05) is 11.6 Å². The molecule has 1 amide bonds. The molecule has 0 radical (unpaired) electrons. The number of halogens is 1. The molecular weight excluding hydrogens is 358 g/mol. The van der Waals surface area contributed by atoms with E-state index in [2.05, 4.69) is 10.3 Å². The Labute approximate surface area is 154 Å². The number of aromatic nitrogens is 1. The Balaban J connectivity index is 1.86. The molecule has 0 bridgehead atoms. The summed E-state index contributed by atoms with van der Waals surface area (Å²) < 4.78 is 0. The van der Waals surface area contributed by atoms with Crippen LogP contribution in [0.5, 0.6) is 0 Å². The van der Waals surface area contributed by atoms with Crippen molar-refractivity contribution in [2.24, 2.45) is 0 Å². The van der Waals surface area contributed by atoms with Gasteiger partial charge >= 0.3 is 0 Å². The van der Waals surface area contributed by atoms with Gasteiger partial charge in [-0.25, -0.2) is 4.98 Å². The second-order valence-corrected chi connectivity index (χ2v) is 6.41. The number of nitrogens with two attached hydrogens (primary N) is 1. The molecule has 8 heteroatoms. The topological polar surface area (TPSA) is 116 Å². The monoisotopic (exact) mass is 371 g/mol. The second kappa shape index (κ2) is 8.93. The molecule has 0 atom stereocenters. The lowest BCUT2D eigenvalue weighted by atomic mass is 10.1. The van der Waals surface area contributed by atoms with Gasteiger partial charge < -0.3 is 11.1 Å². The van der Waals surface area contributed by atoms with E-state index in [0.717, 1.165) is 17.3 Å². The molecular formula is C17H14ClN5OS. The molecule has 2 aromatic rings. The number of hydrogen-bond acceptors (Lipinski definition) is 6. The first-order chi connectivity index (χ1) is 12.0. The van der Waals surface area contributed by atoms with E-state index in [-0.39, 0.29) is 28.6 Å². The first-order valence-electron chi connectivity index (χ1n) is 7.28. The Bertz CT molecular complexity index is 855. The summed E-state index contributed by atoms with van der Waals surface area (Å²) in [6, 6.07) is 12.6. The minimum atomic E-state index is -0.174. The van der Waals surface area contributed by atoms with Crippen molar-refractivity contribution in [3.63, 3.8) is 0 Å². The zero-order valence-corrected chi connectivity index (χ0v) is 14.7. The quantitative estimate of drug-likeness (QED) is 0.753. The molecule has 0 aliphatic heterocycles. The standard InChI is InChI=1S/C17H14ClN5OS/c18-14-3-1-11(2-4-14)5-6-22-15(24)10-25-17-13(9-20)7-12(8-19)16(21)23-17/h1-4,7H,5-6,10H2,(H2,21,23)(H,22,24). The van der Waals surface area contributed by atoms with Crippen molar-refractivity contribution in [3.8, 4) is 12.1 Å². The van der Waals surface area contributed by atoms with Gasteiger partial charge in [0.25, 0.3) is 0 Å². The third kappa shape index (κ3) is 5.39. The predicted octanol–water partition coefficient (Wildman–Crippen LogP) is 2.51. The van der Waals surface area contributed by atoms with Gasteiger partial charge in [0.1, 0.15) is 23.0 Å². The summed E-state index contributed by atoms with van der Waals surface area (Å²) in [5.74, 6) is -0.0204. The SMILES string of the molecule is N#Cc1cc(C#N)c(SCC(=O)NCCc2ccc(Cl)cc2)nc1N. The van der Waals surface area contributed by atoms with Gasteiger partial charge in [0.2, 0.25) is 5.91 Å². The molecule has 1 heterocycles. The highest BCUT2D eigenvalue weighted by molar-refractivity contribution is 8.00. The maximum absolute atomic E-state index is 11.9. The summed E-state index contributed by atoms with van der Waals surface area (Å²) >= 11 is 6.93. The van der Waals surface area contributed by atoms with Gasteiger partial charge in [-0.05, 0) is 30.2 Å². The van der Waals surface area contributed by atoms with Crippen LogP contribution < -0.4 is 11.1 Å². The summed E-state index contributed by atoms with van der Waals surface area (Å²) in [6.45, 7) is 0.495. The lowest BCUT2D eigenvalue weighted by molar-refractivity contribution is -0.118. The van der Waals surface area contributed by atoms with Gasteiger partial charge in [-0.15, -0.1) is 0 Å². The van der Waals surface area contributed by atoms with Gasteiger partial charge in [-0.3, -0.25) is 4.79 Å². The van der Waals surface area contributed by atoms with E-state index in [1.165, 1.54) is 6.07 Å². The highest BCUT2D eigenvalue weighted by atomic mass is 35.5. The maximum Gasteiger partial charge on any atom is 0.230 e. The van der Waals surface area contributed by atoms with Crippen LogP contribution in [0.2, 0.25) is 5.02 Å². The molecule has 0 aliphatic rings. The average Bonchev–Trinajstić information content (AvgIpc) is 2.61. The van der Waals surface area contributed by atoms with Crippen molar-refractivity contribution in [2.45, 2.75) is 11.4 Å². The van der Waals surface area contributed by atoms with E-state index >= 15 is 0 Å². The summed E-state index contributed by atoms with van der Waals surface area (Å²) in [4.78, 5) is 15.9. The molecule has 0 unspecified atom stereocenters. The van der Waals surface area contributed by atoms with E-state index in [9.17, 15) is 4.79 Å². The average molecular weight is 372 g/mol. The van der Waals surface area contributed by atoms with Crippen molar-refractivity contribution >= 4 is 35.1 Å². The number of thioether (sulfide) groups is 1. The largest absolute Gasteiger partial charge is 0.383 e. The van der Waals surface area contributed by atoms with E-state index in [1.54, 1.807) is 12.1 Å². The number of nitrogen functional groups attached to an aromatic ring is 1. The lowest BCUT2D eigenvalue weighted by Crippen LogP contribution is -2.27. The number of amides is 1. The third-order valence-corrected chi connectivity index (χ3v) is 4.49. The normalized spacial score (nSPS) is 9.88. The number of carbonyl (C=O) groups is 1. The molecule has 2 rings (SSSR count). The number of rotatable bonds is 6. The molecule has 126 valence electrons. The molecule has 0 fully saturated rings. The molecule has 1 aromatic heterocycles. The van der Waals surface area contributed by atoms with Crippen LogP contribution in [0, 0.1) is 22.7 Å². The molecule has 1 aromatic carbocycles. The predicted molar refractivity (Wildman–Crippen MR) is 97.0 cm³/mol. The van der Waals surface area contributed by atoms with Crippen LogP contribution in [0.25, 0.3) is 0 Å². The van der Waals surface area contributed by atoms with Gasteiger partial charge in [0.15, 0.2) is 0 Å². The van der Waals surface area contributed by atoms with E-state index in [4.69, 9.17) is 27.9 Å². The maximum atomic E-state index is 11.9. The zero-order valence-electron chi connectivity index (χ0n) is 13.1. The fourth-order valence-electron chi connectivity index (χ4n) is 1.97. The molecule has 0 saturated carbocycles. The fraction of sp³-hybridized carbons (Fsp3) is 0.176. The van der Waals surface area contributed by atoms with E-state index < -0.39 is 0 Å². The van der Waals surface area contributed by atoms with Crippen molar-refractivity contribution in [1.29, 1.82) is 10.5 Å². The number of anilines is 1. The Morgan fingerprint density at radius 1 is 1.24 bits per heavy atom. The summed E-state index contributed by atoms with van der Waals surface area (Å²) in [5, 5.41) is 21.8.